The minimum absolute atomic E-state index is 0.0219. The molecule has 0 spiro atoms. The number of rotatable bonds is 4. The molecule has 1 saturated carbocycles. The molecule has 5 nitrogen and oxygen atoms in total. The number of nitrogens with zero attached hydrogens (tertiary/aromatic N) is 3. The van der Waals surface area contributed by atoms with Crippen LogP contribution in [0.1, 0.15) is 37.7 Å². The second kappa shape index (κ2) is 6.61. The van der Waals surface area contributed by atoms with E-state index >= 15 is 0 Å². The van der Waals surface area contributed by atoms with E-state index in [4.69, 9.17) is 4.74 Å². The molecule has 4 rings (SSSR count). The maximum atomic E-state index is 9.34. The van der Waals surface area contributed by atoms with E-state index in [9.17, 15) is 5.11 Å². The lowest BCUT2D eigenvalue weighted by Crippen LogP contribution is -2.20. The minimum Gasteiger partial charge on any atom is -0.473 e. The normalized spacial score (nSPS) is 15.7. The van der Waals surface area contributed by atoms with Crippen LogP contribution in [0.2, 0.25) is 0 Å². The molecule has 1 aliphatic carbocycles. The first kappa shape index (κ1) is 15.1. The fourth-order valence-corrected chi connectivity index (χ4v) is 3.30. The number of hydrogen-bond acceptors (Lipinski definition) is 4. The van der Waals surface area contributed by atoms with Crippen LogP contribution in [0.4, 0.5) is 0 Å². The number of fused-ring (bicyclic) bond motifs is 1. The molecule has 1 N–H and O–H groups in total. The number of benzene rings is 1. The second-order valence-corrected chi connectivity index (χ2v) is 6.32. The summed E-state index contributed by atoms with van der Waals surface area (Å²) in [4.78, 5) is 4.42. The number of imidazole rings is 1. The molecule has 0 atom stereocenters. The Labute approximate surface area is 140 Å². The summed E-state index contributed by atoms with van der Waals surface area (Å²) < 4.78 is 7.88. The summed E-state index contributed by atoms with van der Waals surface area (Å²) in [6.07, 6.45) is 8.06. The van der Waals surface area contributed by atoms with Gasteiger partial charge in [0.25, 0.3) is 0 Å². The van der Waals surface area contributed by atoms with Gasteiger partial charge in [-0.15, -0.1) is 5.10 Å². The van der Waals surface area contributed by atoms with Crippen molar-refractivity contribution in [3.63, 3.8) is 0 Å². The van der Waals surface area contributed by atoms with Crippen LogP contribution >= 0.6 is 0 Å². The van der Waals surface area contributed by atoms with Gasteiger partial charge in [-0.2, -0.15) is 0 Å². The molecule has 0 radical (unpaired) electrons. The molecule has 2 aromatic heterocycles. The standard InChI is InChI=1S/C19H21N3O2/c23-13-14-5-4-6-15(11-14)17-12-20-18-9-10-19(21-22(17)18)24-16-7-2-1-3-8-16/h4-6,9-12,16,23H,1-3,7-8,13H2. The molecule has 1 fully saturated rings. The van der Waals surface area contributed by atoms with Crippen molar-refractivity contribution in [2.75, 3.05) is 0 Å². The Kier molecular flexibility index (Phi) is 4.17. The Morgan fingerprint density at radius 1 is 1.12 bits per heavy atom. The quantitative estimate of drug-likeness (QED) is 0.797. The third-order valence-corrected chi connectivity index (χ3v) is 4.58. The molecule has 1 aliphatic rings. The van der Waals surface area contributed by atoms with Crippen LogP contribution in [-0.4, -0.2) is 25.8 Å². The smallest absolute Gasteiger partial charge is 0.232 e. The van der Waals surface area contributed by atoms with Crippen molar-refractivity contribution in [3.05, 3.63) is 48.2 Å². The number of aliphatic hydroxyl groups is 1. The van der Waals surface area contributed by atoms with Crippen LogP contribution in [0.25, 0.3) is 16.9 Å². The monoisotopic (exact) mass is 323 g/mol. The molecule has 0 amide bonds. The van der Waals surface area contributed by atoms with Crippen molar-refractivity contribution < 1.29 is 9.84 Å². The summed E-state index contributed by atoms with van der Waals surface area (Å²) in [5.41, 5.74) is 3.54. The van der Waals surface area contributed by atoms with E-state index in [-0.39, 0.29) is 12.7 Å². The Morgan fingerprint density at radius 2 is 2.00 bits per heavy atom. The maximum absolute atomic E-state index is 9.34. The highest BCUT2D eigenvalue weighted by molar-refractivity contribution is 5.63. The van der Waals surface area contributed by atoms with Gasteiger partial charge >= 0.3 is 0 Å². The van der Waals surface area contributed by atoms with Gasteiger partial charge < -0.3 is 9.84 Å². The van der Waals surface area contributed by atoms with Crippen molar-refractivity contribution in [1.82, 2.24) is 14.6 Å². The van der Waals surface area contributed by atoms with Gasteiger partial charge in [-0.3, -0.25) is 0 Å². The molecule has 0 saturated heterocycles. The first-order chi connectivity index (χ1) is 11.8. The molecule has 24 heavy (non-hydrogen) atoms. The fraction of sp³-hybridized carbons (Fsp3) is 0.368. The Balaban J connectivity index is 1.67. The average Bonchev–Trinajstić information content (AvgIpc) is 3.06. The summed E-state index contributed by atoms with van der Waals surface area (Å²) >= 11 is 0. The second-order valence-electron chi connectivity index (χ2n) is 6.32. The lowest BCUT2D eigenvalue weighted by molar-refractivity contribution is 0.147. The van der Waals surface area contributed by atoms with Crippen LogP contribution in [-0.2, 0) is 6.61 Å². The topological polar surface area (TPSA) is 59.7 Å². The van der Waals surface area contributed by atoms with Gasteiger partial charge in [-0.05, 0) is 43.4 Å². The van der Waals surface area contributed by atoms with Gasteiger partial charge in [0.05, 0.1) is 18.5 Å². The summed E-state index contributed by atoms with van der Waals surface area (Å²) in [5, 5.41) is 14.0. The summed E-state index contributed by atoms with van der Waals surface area (Å²) in [7, 11) is 0. The largest absolute Gasteiger partial charge is 0.473 e. The predicted molar refractivity (Wildman–Crippen MR) is 91.8 cm³/mol. The van der Waals surface area contributed by atoms with E-state index in [1.807, 2.05) is 47.1 Å². The van der Waals surface area contributed by atoms with Gasteiger partial charge in [0.2, 0.25) is 5.88 Å². The van der Waals surface area contributed by atoms with E-state index in [1.165, 1.54) is 19.3 Å². The van der Waals surface area contributed by atoms with E-state index in [0.29, 0.717) is 5.88 Å². The highest BCUT2D eigenvalue weighted by atomic mass is 16.5. The van der Waals surface area contributed by atoms with Gasteiger partial charge in [-0.1, -0.05) is 24.6 Å². The molecule has 0 aliphatic heterocycles. The van der Waals surface area contributed by atoms with E-state index < -0.39 is 0 Å². The molecule has 1 aromatic carbocycles. The number of aliphatic hydroxyl groups excluding tert-OH is 1. The lowest BCUT2D eigenvalue weighted by atomic mass is 9.98. The Morgan fingerprint density at radius 3 is 2.83 bits per heavy atom. The molecule has 2 heterocycles. The van der Waals surface area contributed by atoms with Gasteiger partial charge in [-0.25, -0.2) is 9.50 Å². The maximum Gasteiger partial charge on any atom is 0.232 e. The first-order valence-corrected chi connectivity index (χ1v) is 8.55. The molecular weight excluding hydrogens is 302 g/mol. The van der Waals surface area contributed by atoms with E-state index in [2.05, 4.69) is 10.1 Å². The van der Waals surface area contributed by atoms with Gasteiger partial charge in [0, 0.05) is 11.6 Å². The van der Waals surface area contributed by atoms with Gasteiger partial charge in [0.1, 0.15) is 6.10 Å². The minimum atomic E-state index is 0.0219. The summed E-state index contributed by atoms with van der Waals surface area (Å²) in [5.74, 6) is 0.645. The SMILES string of the molecule is OCc1cccc(-c2cnc3ccc(OC4CCCCC4)nn23)c1. The van der Waals surface area contributed by atoms with Crippen molar-refractivity contribution in [2.45, 2.75) is 44.8 Å². The number of ether oxygens (including phenoxy) is 1. The van der Waals surface area contributed by atoms with Crippen LogP contribution in [0.5, 0.6) is 5.88 Å². The third kappa shape index (κ3) is 2.99. The predicted octanol–water partition coefficient (Wildman–Crippen LogP) is 3.60. The van der Waals surface area contributed by atoms with Crippen LogP contribution in [0, 0.1) is 0 Å². The van der Waals surface area contributed by atoms with Crippen molar-refractivity contribution >= 4 is 5.65 Å². The highest BCUT2D eigenvalue weighted by Crippen LogP contribution is 2.25. The molecule has 5 heteroatoms. The zero-order valence-corrected chi connectivity index (χ0v) is 13.6. The highest BCUT2D eigenvalue weighted by Gasteiger charge is 2.16. The van der Waals surface area contributed by atoms with Crippen LogP contribution < -0.4 is 4.74 Å². The number of aromatic nitrogens is 3. The molecule has 124 valence electrons. The molecule has 0 bridgehead atoms. The lowest BCUT2D eigenvalue weighted by Gasteiger charge is -2.22. The molecular formula is C19H21N3O2. The zero-order chi connectivity index (χ0) is 16.4. The molecule has 0 unspecified atom stereocenters. The van der Waals surface area contributed by atoms with Crippen molar-refractivity contribution in [3.8, 4) is 17.1 Å². The van der Waals surface area contributed by atoms with Crippen LogP contribution in [0.15, 0.2) is 42.6 Å². The summed E-state index contributed by atoms with van der Waals surface area (Å²) in [6.45, 7) is 0.0219. The first-order valence-electron chi connectivity index (χ1n) is 8.55. The van der Waals surface area contributed by atoms with E-state index in [1.54, 1.807) is 0 Å². The van der Waals surface area contributed by atoms with Gasteiger partial charge in [0.15, 0.2) is 5.65 Å². The summed E-state index contributed by atoms with van der Waals surface area (Å²) in [6, 6.07) is 11.6. The molecule has 3 aromatic rings. The third-order valence-electron chi connectivity index (χ3n) is 4.58. The zero-order valence-electron chi connectivity index (χ0n) is 13.6. The number of hydrogen-bond donors (Lipinski definition) is 1. The Hall–Kier alpha value is -2.40. The average molecular weight is 323 g/mol. The fourth-order valence-electron chi connectivity index (χ4n) is 3.30. The Bertz CT molecular complexity index is 837. The van der Waals surface area contributed by atoms with Crippen molar-refractivity contribution in [2.24, 2.45) is 0 Å². The van der Waals surface area contributed by atoms with E-state index in [0.717, 1.165) is 35.3 Å². The van der Waals surface area contributed by atoms with Crippen molar-refractivity contribution in [1.29, 1.82) is 0 Å². The van der Waals surface area contributed by atoms with Crippen LogP contribution in [0.3, 0.4) is 0 Å².